The first-order chi connectivity index (χ1) is 12.0. The molecule has 134 valence electrons. The van der Waals surface area contributed by atoms with Gasteiger partial charge in [-0.15, -0.1) is 0 Å². The fourth-order valence-electron chi connectivity index (χ4n) is 2.74. The van der Waals surface area contributed by atoms with E-state index in [1.54, 1.807) is 7.11 Å². The second-order valence-electron chi connectivity index (χ2n) is 6.36. The highest BCUT2D eigenvalue weighted by Crippen LogP contribution is 2.20. The van der Waals surface area contributed by atoms with Gasteiger partial charge >= 0.3 is 0 Å². The number of anilines is 1. The number of nitrogens with zero attached hydrogens (tertiary/aromatic N) is 1. The van der Waals surface area contributed by atoms with E-state index in [-0.39, 0.29) is 11.9 Å². The number of aryl methyl sites for hydroxylation is 1. The molecule has 25 heavy (non-hydrogen) atoms. The predicted molar refractivity (Wildman–Crippen MR) is 103 cm³/mol. The number of nitrogens with one attached hydrogen (secondary N) is 1. The molecule has 0 spiro atoms. The van der Waals surface area contributed by atoms with Gasteiger partial charge in [-0.2, -0.15) is 0 Å². The molecule has 0 aliphatic heterocycles. The zero-order chi connectivity index (χ0) is 18.2. The van der Waals surface area contributed by atoms with E-state index in [4.69, 9.17) is 4.74 Å². The summed E-state index contributed by atoms with van der Waals surface area (Å²) in [4.78, 5) is 14.4. The predicted octanol–water partition coefficient (Wildman–Crippen LogP) is 3.96. The van der Waals surface area contributed by atoms with E-state index < -0.39 is 0 Å². The van der Waals surface area contributed by atoms with Crippen molar-refractivity contribution in [3.63, 3.8) is 0 Å². The van der Waals surface area contributed by atoms with Crippen LogP contribution in [0, 0.1) is 0 Å². The lowest BCUT2D eigenvalue weighted by molar-refractivity contribution is -0.121. The highest BCUT2D eigenvalue weighted by Gasteiger charge is 2.13. The average molecular weight is 340 g/mol. The Morgan fingerprint density at radius 3 is 2.24 bits per heavy atom. The molecule has 0 heterocycles. The van der Waals surface area contributed by atoms with Gasteiger partial charge < -0.3 is 15.0 Å². The molecular weight excluding hydrogens is 312 g/mol. The van der Waals surface area contributed by atoms with Crippen LogP contribution in [0.15, 0.2) is 48.5 Å². The van der Waals surface area contributed by atoms with Crippen LogP contribution < -0.4 is 15.0 Å². The van der Waals surface area contributed by atoms with Crippen molar-refractivity contribution in [3.05, 3.63) is 59.7 Å². The quantitative estimate of drug-likeness (QED) is 0.791. The summed E-state index contributed by atoms with van der Waals surface area (Å²) in [5.41, 5.74) is 3.45. The molecule has 4 heteroatoms. The molecule has 0 aliphatic carbocycles. The number of benzene rings is 2. The molecule has 0 aromatic heterocycles. The van der Waals surface area contributed by atoms with E-state index in [9.17, 15) is 4.79 Å². The van der Waals surface area contributed by atoms with Crippen LogP contribution >= 0.6 is 0 Å². The van der Waals surface area contributed by atoms with Crippen LogP contribution in [0.25, 0.3) is 0 Å². The smallest absolute Gasteiger partial charge is 0.220 e. The summed E-state index contributed by atoms with van der Waals surface area (Å²) in [5.74, 6) is 0.908. The fraction of sp³-hybridized carbons (Fsp3) is 0.381. The lowest BCUT2D eigenvalue weighted by Crippen LogP contribution is -2.28. The van der Waals surface area contributed by atoms with Gasteiger partial charge in [-0.1, -0.05) is 31.2 Å². The van der Waals surface area contributed by atoms with Gasteiger partial charge in [-0.05, 0) is 48.2 Å². The maximum absolute atomic E-state index is 12.3. The maximum Gasteiger partial charge on any atom is 0.220 e. The van der Waals surface area contributed by atoms with E-state index in [0.717, 1.165) is 24.2 Å². The fourth-order valence-corrected chi connectivity index (χ4v) is 2.74. The number of ether oxygens (including phenoxy) is 1. The molecule has 1 unspecified atom stereocenters. The van der Waals surface area contributed by atoms with Crippen molar-refractivity contribution in [2.45, 2.75) is 32.2 Å². The van der Waals surface area contributed by atoms with Crippen LogP contribution in [0.1, 0.15) is 36.9 Å². The Labute approximate surface area is 150 Å². The lowest BCUT2D eigenvalue weighted by Gasteiger charge is -2.18. The Morgan fingerprint density at radius 2 is 1.72 bits per heavy atom. The Hall–Kier alpha value is -2.49. The van der Waals surface area contributed by atoms with Crippen molar-refractivity contribution in [1.29, 1.82) is 0 Å². The highest BCUT2D eigenvalue weighted by atomic mass is 16.5. The molecule has 1 amide bonds. The topological polar surface area (TPSA) is 41.6 Å². The minimum Gasteiger partial charge on any atom is -0.497 e. The van der Waals surface area contributed by atoms with Crippen molar-refractivity contribution >= 4 is 11.6 Å². The van der Waals surface area contributed by atoms with Crippen molar-refractivity contribution in [3.8, 4) is 5.75 Å². The number of rotatable bonds is 8. The number of hydrogen-bond acceptors (Lipinski definition) is 3. The van der Waals surface area contributed by atoms with Gasteiger partial charge in [0.15, 0.2) is 0 Å². The van der Waals surface area contributed by atoms with Gasteiger partial charge in [0, 0.05) is 26.2 Å². The van der Waals surface area contributed by atoms with Gasteiger partial charge in [0.1, 0.15) is 5.75 Å². The standard InChI is InChI=1S/C21H28N2O2/c1-5-20(17-9-13-19(25-4)14-10-17)22-21(24)15-8-16-6-11-18(12-7-16)23(2)3/h6-7,9-14,20H,5,8,15H2,1-4H3,(H,22,24). The minimum atomic E-state index is 0.0366. The van der Waals surface area contributed by atoms with E-state index in [2.05, 4.69) is 41.4 Å². The Bertz CT molecular complexity index is 663. The molecule has 0 fully saturated rings. The van der Waals surface area contributed by atoms with Gasteiger partial charge in [0.2, 0.25) is 5.91 Å². The second-order valence-corrected chi connectivity index (χ2v) is 6.36. The van der Waals surface area contributed by atoms with Crippen LogP contribution in [-0.2, 0) is 11.2 Å². The molecule has 0 saturated carbocycles. The van der Waals surface area contributed by atoms with Crippen LogP contribution in [0.2, 0.25) is 0 Å². The molecule has 0 radical (unpaired) electrons. The van der Waals surface area contributed by atoms with Gasteiger partial charge in [0.25, 0.3) is 0 Å². The van der Waals surface area contributed by atoms with Crippen molar-refractivity contribution in [2.75, 3.05) is 26.1 Å². The number of methoxy groups -OCH3 is 1. The third kappa shape index (κ3) is 5.52. The third-order valence-electron chi connectivity index (χ3n) is 4.36. The molecular formula is C21H28N2O2. The maximum atomic E-state index is 12.3. The van der Waals surface area contributed by atoms with Crippen molar-refractivity contribution < 1.29 is 9.53 Å². The number of carbonyl (C=O) groups is 1. The van der Waals surface area contributed by atoms with E-state index >= 15 is 0 Å². The summed E-state index contributed by atoms with van der Waals surface area (Å²) < 4.78 is 5.18. The molecule has 2 rings (SSSR count). The number of hydrogen-bond donors (Lipinski definition) is 1. The number of amides is 1. The van der Waals surface area contributed by atoms with Gasteiger partial charge in [-0.3, -0.25) is 4.79 Å². The second kappa shape index (κ2) is 9.11. The first-order valence-corrected chi connectivity index (χ1v) is 8.73. The van der Waals surface area contributed by atoms with Crippen LogP contribution in [0.5, 0.6) is 5.75 Å². The summed E-state index contributed by atoms with van der Waals surface area (Å²) >= 11 is 0. The SMILES string of the molecule is CCC(NC(=O)CCc1ccc(N(C)C)cc1)c1ccc(OC)cc1. The van der Waals surface area contributed by atoms with E-state index in [0.29, 0.717) is 6.42 Å². The summed E-state index contributed by atoms with van der Waals surface area (Å²) in [7, 11) is 5.69. The summed E-state index contributed by atoms with van der Waals surface area (Å²) in [6.45, 7) is 2.08. The summed E-state index contributed by atoms with van der Waals surface area (Å²) in [5, 5.41) is 3.13. The average Bonchev–Trinajstić information content (AvgIpc) is 2.65. The Balaban J connectivity index is 1.88. The summed E-state index contributed by atoms with van der Waals surface area (Å²) in [6, 6.07) is 16.2. The van der Waals surface area contributed by atoms with Gasteiger partial charge in [-0.25, -0.2) is 0 Å². The summed E-state index contributed by atoms with van der Waals surface area (Å²) in [6.07, 6.45) is 2.10. The molecule has 0 aliphatic rings. The Morgan fingerprint density at radius 1 is 1.08 bits per heavy atom. The minimum absolute atomic E-state index is 0.0366. The molecule has 0 bridgehead atoms. The van der Waals surface area contributed by atoms with Crippen LogP contribution in [0.4, 0.5) is 5.69 Å². The van der Waals surface area contributed by atoms with Crippen LogP contribution in [-0.4, -0.2) is 27.1 Å². The first kappa shape index (κ1) is 18.8. The third-order valence-corrected chi connectivity index (χ3v) is 4.36. The monoisotopic (exact) mass is 340 g/mol. The molecule has 2 aromatic carbocycles. The van der Waals surface area contributed by atoms with E-state index in [1.807, 2.05) is 38.4 Å². The van der Waals surface area contributed by atoms with E-state index in [1.165, 1.54) is 11.3 Å². The van der Waals surface area contributed by atoms with Crippen molar-refractivity contribution in [1.82, 2.24) is 5.32 Å². The van der Waals surface area contributed by atoms with Crippen LogP contribution in [0.3, 0.4) is 0 Å². The zero-order valence-electron chi connectivity index (χ0n) is 15.6. The molecule has 2 aromatic rings. The zero-order valence-corrected chi connectivity index (χ0v) is 15.6. The normalized spacial score (nSPS) is 11.7. The Kier molecular flexibility index (Phi) is 6.87. The molecule has 1 atom stereocenters. The molecule has 1 N–H and O–H groups in total. The van der Waals surface area contributed by atoms with Crippen molar-refractivity contribution in [2.24, 2.45) is 0 Å². The number of carbonyl (C=O) groups excluding carboxylic acids is 1. The first-order valence-electron chi connectivity index (χ1n) is 8.73. The van der Waals surface area contributed by atoms with Gasteiger partial charge in [0.05, 0.1) is 13.2 Å². The molecule has 0 saturated heterocycles. The largest absolute Gasteiger partial charge is 0.497 e. The highest BCUT2D eigenvalue weighted by molar-refractivity contribution is 5.76. The lowest BCUT2D eigenvalue weighted by atomic mass is 10.0. The molecule has 4 nitrogen and oxygen atoms in total.